The van der Waals surface area contributed by atoms with Gasteiger partial charge in [-0.3, -0.25) is 14.5 Å². The molecule has 120 valence electrons. The van der Waals surface area contributed by atoms with E-state index in [1.807, 2.05) is 0 Å². The molecule has 0 spiro atoms. The topological polar surface area (TPSA) is 105 Å². The maximum absolute atomic E-state index is 11.9. The first kappa shape index (κ1) is 16.1. The second kappa shape index (κ2) is 6.65. The van der Waals surface area contributed by atoms with Gasteiger partial charge in [-0.05, 0) is 31.5 Å². The van der Waals surface area contributed by atoms with E-state index in [0.717, 1.165) is 0 Å². The van der Waals surface area contributed by atoms with Gasteiger partial charge >= 0.3 is 6.09 Å². The summed E-state index contributed by atoms with van der Waals surface area (Å²) in [4.78, 5) is 23.0. The number of nitrogens with zero attached hydrogens (tertiary/aromatic N) is 1. The summed E-state index contributed by atoms with van der Waals surface area (Å²) in [7, 11) is -3.30. The Morgan fingerprint density at radius 2 is 2.09 bits per heavy atom. The second-order valence-electron chi connectivity index (χ2n) is 4.59. The fourth-order valence-corrected chi connectivity index (χ4v) is 3.64. The van der Waals surface area contributed by atoms with E-state index in [-0.39, 0.29) is 17.9 Å². The molecule has 1 heterocycles. The Morgan fingerprint density at radius 3 is 2.73 bits per heavy atom. The van der Waals surface area contributed by atoms with Gasteiger partial charge in [0.1, 0.15) is 0 Å². The molecule has 0 atom stereocenters. The third-order valence-corrected chi connectivity index (χ3v) is 4.92. The lowest BCUT2D eigenvalue weighted by Gasteiger charge is -2.17. The normalized spacial score (nSPS) is 16.1. The average molecular weight is 327 g/mol. The Morgan fingerprint density at radius 1 is 1.32 bits per heavy atom. The van der Waals surface area contributed by atoms with Crippen molar-refractivity contribution in [2.24, 2.45) is 0 Å². The highest BCUT2D eigenvalue weighted by Crippen LogP contribution is 2.24. The Balaban J connectivity index is 2.08. The molecule has 0 aromatic heterocycles. The van der Waals surface area contributed by atoms with Crippen LogP contribution < -0.4 is 15.2 Å². The number of ether oxygens (including phenoxy) is 1. The first-order valence-corrected chi connectivity index (χ1v) is 8.38. The van der Waals surface area contributed by atoms with E-state index in [9.17, 15) is 18.0 Å². The minimum absolute atomic E-state index is 0.105. The average Bonchev–Trinajstić information content (AvgIpc) is 2.84. The number of hydrazine groups is 1. The van der Waals surface area contributed by atoms with E-state index in [1.54, 1.807) is 19.1 Å². The quantitative estimate of drug-likeness (QED) is 0.792. The number of rotatable bonds is 3. The summed E-state index contributed by atoms with van der Waals surface area (Å²) in [6.45, 7) is 2.22. The molecule has 1 aliphatic heterocycles. The SMILES string of the molecule is CCOC(=O)NNC(=O)c1cccc(N2CCCS2(=O)=O)c1. The summed E-state index contributed by atoms with van der Waals surface area (Å²) in [6.07, 6.45) is -0.211. The predicted octanol–water partition coefficient (Wildman–Crippen LogP) is 0.617. The van der Waals surface area contributed by atoms with Crippen LogP contribution in [0.2, 0.25) is 0 Å². The number of carbonyl (C=O) groups is 2. The molecule has 1 aliphatic rings. The highest BCUT2D eigenvalue weighted by atomic mass is 32.2. The molecule has 2 rings (SSSR count). The van der Waals surface area contributed by atoms with E-state index in [4.69, 9.17) is 0 Å². The molecule has 22 heavy (non-hydrogen) atoms. The molecular formula is C13H17N3O5S. The van der Waals surface area contributed by atoms with Crippen LogP contribution in [0.1, 0.15) is 23.7 Å². The molecule has 2 N–H and O–H groups in total. The van der Waals surface area contributed by atoms with Crippen molar-refractivity contribution in [3.63, 3.8) is 0 Å². The number of hydrogen-bond donors (Lipinski definition) is 2. The van der Waals surface area contributed by atoms with Crippen LogP contribution in [0, 0.1) is 0 Å². The second-order valence-corrected chi connectivity index (χ2v) is 6.60. The molecule has 1 fully saturated rings. The highest BCUT2D eigenvalue weighted by Gasteiger charge is 2.28. The number of hydrogen-bond acceptors (Lipinski definition) is 5. The van der Waals surface area contributed by atoms with Gasteiger partial charge in [0, 0.05) is 12.1 Å². The summed E-state index contributed by atoms with van der Waals surface area (Å²) < 4.78 is 29.7. The predicted molar refractivity (Wildman–Crippen MR) is 79.8 cm³/mol. The van der Waals surface area contributed by atoms with Crippen LogP contribution in [-0.2, 0) is 14.8 Å². The Bertz CT molecular complexity index is 674. The van der Waals surface area contributed by atoms with Crippen LogP contribution in [0.5, 0.6) is 0 Å². The van der Waals surface area contributed by atoms with Gasteiger partial charge in [-0.1, -0.05) is 6.07 Å². The Hall–Kier alpha value is -2.29. The molecule has 0 radical (unpaired) electrons. The molecule has 1 aromatic rings. The number of nitrogens with one attached hydrogen (secondary N) is 2. The van der Waals surface area contributed by atoms with Crippen LogP contribution in [-0.4, -0.2) is 39.3 Å². The fraction of sp³-hybridized carbons (Fsp3) is 0.385. The summed E-state index contributed by atoms with van der Waals surface area (Å²) in [6, 6.07) is 6.19. The Labute approximate surface area is 128 Å². The highest BCUT2D eigenvalue weighted by molar-refractivity contribution is 7.93. The number of anilines is 1. The largest absolute Gasteiger partial charge is 0.449 e. The van der Waals surface area contributed by atoms with Crippen LogP contribution in [0.3, 0.4) is 0 Å². The van der Waals surface area contributed by atoms with E-state index in [2.05, 4.69) is 15.6 Å². The van der Waals surface area contributed by atoms with E-state index < -0.39 is 22.0 Å². The zero-order chi connectivity index (χ0) is 16.2. The lowest BCUT2D eigenvalue weighted by Crippen LogP contribution is -2.42. The summed E-state index contributed by atoms with van der Waals surface area (Å²) in [5.74, 6) is -0.458. The Kier molecular flexibility index (Phi) is 4.86. The molecule has 0 aliphatic carbocycles. The smallest absolute Gasteiger partial charge is 0.426 e. The molecule has 1 aromatic carbocycles. The zero-order valence-corrected chi connectivity index (χ0v) is 12.9. The van der Waals surface area contributed by atoms with Crippen LogP contribution in [0.15, 0.2) is 24.3 Å². The first-order chi connectivity index (χ1) is 10.4. The maximum Gasteiger partial charge on any atom is 0.426 e. The van der Waals surface area contributed by atoms with Crippen molar-refractivity contribution in [3.8, 4) is 0 Å². The molecule has 2 amide bonds. The van der Waals surface area contributed by atoms with Gasteiger partial charge in [-0.15, -0.1) is 0 Å². The lowest BCUT2D eigenvalue weighted by molar-refractivity contribution is 0.0912. The van der Waals surface area contributed by atoms with Gasteiger partial charge in [0.15, 0.2) is 0 Å². The molecule has 0 unspecified atom stereocenters. The fourth-order valence-electron chi connectivity index (χ4n) is 2.08. The van der Waals surface area contributed by atoms with Gasteiger partial charge in [0.2, 0.25) is 10.0 Å². The van der Waals surface area contributed by atoms with Crippen molar-refractivity contribution < 1.29 is 22.7 Å². The van der Waals surface area contributed by atoms with E-state index in [0.29, 0.717) is 18.7 Å². The summed E-state index contributed by atoms with van der Waals surface area (Å²) in [5, 5.41) is 0. The van der Waals surface area contributed by atoms with Crippen LogP contribution in [0.25, 0.3) is 0 Å². The van der Waals surface area contributed by atoms with Gasteiger partial charge in [0.05, 0.1) is 18.0 Å². The number of sulfonamides is 1. The molecule has 1 saturated heterocycles. The minimum Gasteiger partial charge on any atom is -0.449 e. The van der Waals surface area contributed by atoms with Crippen molar-refractivity contribution in [1.29, 1.82) is 0 Å². The van der Waals surface area contributed by atoms with Crippen LogP contribution >= 0.6 is 0 Å². The lowest BCUT2D eigenvalue weighted by atomic mass is 10.2. The third-order valence-electron chi connectivity index (χ3n) is 3.05. The summed E-state index contributed by atoms with van der Waals surface area (Å²) >= 11 is 0. The van der Waals surface area contributed by atoms with Gasteiger partial charge in [-0.2, -0.15) is 0 Å². The monoisotopic (exact) mass is 327 g/mol. The number of amides is 2. The molecular weight excluding hydrogens is 310 g/mol. The molecule has 0 bridgehead atoms. The van der Waals surface area contributed by atoms with Crippen molar-refractivity contribution in [3.05, 3.63) is 29.8 Å². The maximum atomic E-state index is 11.9. The van der Waals surface area contributed by atoms with Crippen LogP contribution in [0.4, 0.5) is 10.5 Å². The molecule has 8 nitrogen and oxygen atoms in total. The number of carbonyl (C=O) groups excluding carboxylic acids is 2. The first-order valence-electron chi connectivity index (χ1n) is 6.77. The minimum atomic E-state index is -3.30. The van der Waals surface area contributed by atoms with E-state index >= 15 is 0 Å². The van der Waals surface area contributed by atoms with Crippen molar-refractivity contribution in [2.45, 2.75) is 13.3 Å². The summed E-state index contributed by atoms with van der Waals surface area (Å²) in [5.41, 5.74) is 4.95. The van der Waals surface area contributed by atoms with Crippen molar-refractivity contribution in [2.75, 3.05) is 23.2 Å². The van der Waals surface area contributed by atoms with Gasteiger partial charge < -0.3 is 4.74 Å². The number of benzene rings is 1. The molecule has 9 heteroatoms. The van der Waals surface area contributed by atoms with E-state index in [1.165, 1.54) is 16.4 Å². The molecule has 0 saturated carbocycles. The van der Waals surface area contributed by atoms with Gasteiger partial charge in [-0.25, -0.2) is 18.6 Å². The van der Waals surface area contributed by atoms with Crippen molar-refractivity contribution in [1.82, 2.24) is 10.9 Å². The van der Waals surface area contributed by atoms with Crippen molar-refractivity contribution >= 4 is 27.7 Å². The van der Waals surface area contributed by atoms with Gasteiger partial charge in [0.25, 0.3) is 5.91 Å². The third kappa shape index (κ3) is 3.67. The standard InChI is InChI=1S/C13H17N3O5S/c1-2-21-13(18)15-14-12(17)10-5-3-6-11(9-10)16-7-4-8-22(16,19)20/h3,5-6,9H,2,4,7-8H2,1H3,(H,14,17)(H,15,18). The zero-order valence-electron chi connectivity index (χ0n) is 12.0.